The van der Waals surface area contributed by atoms with E-state index >= 15 is 0 Å². The van der Waals surface area contributed by atoms with Gasteiger partial charge in [-0.25, -0.2) is 23.1 Å². The van der Waals surface area contributed by atoms with Crippen LogP contribution in [-0.2, 0) is 12.1 Å². The first-order valence-electron chi connectivity index (χ1n) is 9.16. The molecule has 4 aromatic rings. The van der Waals surface area contributed by atoms with E-state index in [1.165, 1.54) is 24.3 Å². The van der Waals surface area contributed by atoms with Crippen LogP contribution in [0.2, 0.25) is 0 Å². The number of fused-ring (bicyclic) bond motifs is 1. The van der Waals surface area contributed by atoms with Crippen LogP contribution < -0.4 is 5.56 Å². The Labute approximate surface area is 169 Å². The third kappa shape index (κ3) is 3.35. The van der Waals surface area contributed by atoms with Crippen molar-refractivity contribution >= 4 is 10.9 Å². The Kier molecular flexibility index (Phi) is 4.86. The van der Waals surface area contributed by atoms with Gasteiger partial charge in [0.15, 0.2) is 0 Å². The molecular formula is C20H18F2N6O2. The third-order valence-corrected chi connectivity index (χ3v) is 5.16. The third-order valence-electron chi connectivity index (χ3n) is 5.16. The van der Waals surface area contributed by atoms with Crippen molar-refractivity contribution < 1.29 is 13.9 Å². The molecule has 8 nitrogen and oxygen atoms in total. The Hall–Kier alpha value is -3.53. The number of benzene rings is 2. The monoisotopic (exact) mass is 412 g/mol. The molecule has 0 aliphatic carbocycles. The Morgan fingerprint density at radius 2 is 2.00 bits per heavy atom. The lowest BCUT2D eigenvalue weighted by atomic mass is 9.86. The van der Waals surface area contributed by atoms with Crippen molar-refractivity contribution in [3.05, 3.63) is 82.2 Å². The highest BCUT2D eigenvalue weighted by Crippen LogP contribution is 2.35. The first-order valence-corrected chi connectivity index (χ1v) is 9.16. The van der Waals surface area contributed by atoms with Gasteiger partial charge in [0, 0.05) is 11.6 Å². The fourth-order valence-electron chi connectivity index (χ4n) is 3.47. The van der Waals surface area contributed by atoms with Gasteiger partial charge in [-0.3, -0.25) is 4.79 Å². The lowest BCUT2D eigenvalue weighted by Crippen LogP contribution is -2.44. The van der Waals surface area contributed by atoms with Crippen LogP contribution in [0.4, 0.5) is 8.78 Å². The highest BCUT2D eigenvalue weighted by Gasteiger charge is 2.41. The molecule has 0 spiro atoms. The smallest absolute Gasteiger partial charge is 0.277 e. The Bertz CT molecular complexity index is 1270. The molecule has 0 bridgehead atoms. The molecule has 0 saturated carbocycles. The minimum Gasteiger partial charge on any atom is -0.381 e. The zero-order chi connectivity index (χ0) is 21.5. The molecule has 0 saturated heterocycles. The summed E-state index contributed by atoms with van der Waals surface area (Å²) in [5.74, 6) is -1.74. The van der Waals surface area contributed by atoms with Crippen molar-refractivity contribution in [2.24, 2.45) is 0 Å². The fraction of sp³-hybridized carbons (Fsp3) is 0.250. The number of aromatic nitrogens is 6. The predicted molar refractivity (Wildman–Crippen MR) is 104 cm³/mol. The molecule has 2 heterocycles. The van der Waals surface area contributed by atoms with Crippen LogP contribution in [0.3, 0.4) is 0 Å². The molecule has 2 atom stereocenters. The summed E-state index contributed by atoms with van der Waals surface area (Å²) in [6.07, 6.45) is 2.61. The first kappa shape index (κ1) is 19.8. The number of rotatable bonds is 5. The van der Waals surface area contributed by atoms with Gasteiger partial charge in [0.05, 0.1) is 18.0 Å². The minimum atomic E-state index is -2.01. The maximum atomic E-state index is 14.7. The van der Waals surface area contributed by atoms with Crippen molar-refractivity contribution in [3.63, 3.8) is 0 Å². The van der Waals surface area contributed by atoms with Crippen LogP contribution in [0.1, 0.15) is 24.1 Å². The lowest BCUT2D eigenvalue weighted by Gasteiger charge is -2.34. The van der Waals surface area contributed by atoms with Gasteiger partial charge in [0.2, 0.25) is 0 Å². The van der Waals surface area contributed by atoms with Crippen molar-refractivity contribution in [1.82, 2.24) is 29.8 Å². The van der Waals surface area contributed by atoms with E-state index < -0.39 is 28.8 Å². The number of aliphatic hydroxyl groups is 1. The molecule has 2 aromatic heterocycles. The van der Waals surface area contributed by atoms with E-state index in [1.807, 2.05) is 6.92 Å². The van der Waals surface area contributed by atoms with Gasteiger partial charge in [-0.05, 0) is 32.0 Å². The van der Waals surface area contributed by atoms with E-state index in [9.17, 15) is 18.7 Å². The standard InChI is InChI=1S/C20H18F2N6O2/c1-12-3-6-18-15(7-12)19(29)28(26-25-18)13(2)20(30,9-27-11-23-10-24-27)16-5-4-14(21)8-17(16)22/h3-8,10-11,13,30H,9H2,1-2H3. The predicted octanol–water partition coefficient (Wildman–Crippen LogP) is 2.12. The normalized spacial score (nSPS) is 14.6. The summed E-state index contributed by atoms with van der Waals surface area (Å²) in [5, 5.41) is 23.9. The first-order chi connectivity index (χ1) is 14.3. The molecule has 4 rings (SSSR count). The Balaban J connectivity index is 1.90. The summed E-state index contributed by atoms with van der Waals surface area (Å²) in [6, 6.07) is 6.93. The van der Waals surface area contributed by atoms with Crippen LogP contribution in [0, 0.1) is 18.6 Å². The molecule has 30 heavy (non-hydrogen) atoms. The average Bonchev–Trinajstić information content (AvgIpc) is 3.21. The number of aryl methyl sites for hydroxylation is 1. The van der Waals surface area contributed by atoms with Gasteiger partial charge in [0.25, 0.3) is 5.56 Å². The molecule has 0 amide bonds. The molecule has 0 aliphatic heterocycles. The van der Waals surface area contributed by atoms with E-state index in [2.05, 4.69) is 20.4 Å². The second-order valence-corrected chi connectivity index (χ2v) is 7.18. The average molecular weight is 412 g/mol. The van der Waals surface area contributed by atoms with E-state index in [4.69, 9.17) is 0 Å². The van der Waals surface area contributed by atoms with Gasteiger partial charge in [-0.15, -0.1) is 5.10 Å². The van der Waals surface area contributed by atoms with Crippen LogP contribution in [0.15, 0.2) is 53.8 Å². The zero-order valence-corrected chi connectivity index (χ0v) is 16.2. The zero-order valence-electron chi connectivity index (χ0n) is 16.2. The second kappa shape index (κ2) is 7.38. The fourth-order valence-corrected chi connectivity index (χ4v) is 3.47. The molecule has 0 radical (unpaired) electrons. The molecule has 2 aromatic carbocycles. The highest BCUT2D eigenvalue weighted by molar-refractivity contribution is 5.77. The van der Waals surface area contributed by atoms with Gasteiger partial charge in [-0.1, -0.05) is 22.9 Å². The topological polar surface area (TPSA) is 98.7 Å². The number of hydrogen-bond acceptors (Lipinski definition) is 6. The summed E-state index contributed by atoms with van der Waals surface area (Å²) in [6.45, 7) is 3.09. The summed E-state index contributed by atoms with van der Waals surface area (Å²) in [5.41, 5.74) is -1.45. The minimum absolute atomic E-state index is 0.204. The summed E-state index contributed by atoms with van der Waals surface area (Å²) in [7, 11) is 0. The van der Waals surface area contributed by atoms with Crippen molar-refractivity contribution in [1.29, 1.82) is 0 Å². The van der Waals surface area contributed by atoms with Crippen molar-refractivity contribution in [2.45, 2.75) is 32.0 Å². The molecule has 10 heteroatoms. The van der Waals surface area contributed by atoms with Crippen molar-refractivity contribution in [2.75, 3.05) is 0 Å². The second-order valence-electron chi connectivity index (χ2n) is 7.18. The summed E-state index contributed by atoms with van der Waals surface area (Å²) >= 11 is 0. The van der Waals surface area contributed by atoms with Crippen LogP contribution >= 0.6 is 0 Å². The van der Waals surface area contributed by atoms with Gasteiger partial charge in [0.1, 0.15) is 35.4 Å². The molecule has 0 fully saturated rings. The van der Waals surface area contributed by atoms with Gasteiger partial charge in [-0.2, -0.15) is 5.10 Å². The molecule has 1 N–H and O–H groups in total. The largest absolute Gasteiger partial charge is 0.381 e. The van der Waals surface area contributed by atoms with Gasteiger partial charge >= 0.3 is 0 Å². The lowest BCUT2D eigenvalue weighted by molar-refractivity contribution is -0.0390. The number of nitrogens with zero attached hydrogens (tertiary/aromatic N) is 6. The van der Waals surface area contributed by atoms with E-state index in [0.717, 1.165) is 22.4 Å². The van der Waals surface area contributed by atoms with Crippen LogP contribution in [0.25, 0.3) is 10.9 Å². The van der Waals surface area contributed by atoms with Gasteiger partial charge < -0.3 is 5.11 Å². The number of hydrogen-bond donors (Lipinski definition) is 1. The highest BCUT2D eigenvalue weighted by atomic mass is 19.1. The van der Waals surface area contributed by atoms with Crippen LogP contribution in [0.5, 0.6) is 0 Å². The SMILES string of the molecule is Cc1ccc2nnn(C(C)C(O)(Cn3cncn3)c3ccc(F)cc3F)c(=O)c2c1. The van der Waals surface area contributed by atoms with E-state index in [0.29, 0.717) is 17.0 Å². The summed E-state index contributed by atoms with van der Waals surface area (Å²) in [4.78, 5) is 16.9. The molecule has 154 valence electrons. The molecular weight excluding hydrogens is 394 g/mol. The van der Waals surface area contributed by atoms with E-state index in [-0.39, 0.29) is 12.1 Å². The Morgan fingerprint density at radius 1 is 1.20 bits per heavy atom. The van der Waals surface area contributed by atoms with Crippen LogP contribution in [-0.4, -0.2) is 34.9 Å². The maximum Gasteiger partial charge on any atom is 0.277 e. The maximum absolute atomic E-state index is 14.7. The van der Waals surface area contributed by atoms with E-state index in [1.54, 1.807) is 18.2 Å². The molecule has 0 aliphatic rings. The number of halogens is 2. The molecule has 2 unspecified atom stereocenters. The quantitative estimate of drug-likeness (QED) is 0.539. The Morgan fingerprint density at radius 3 is 2.70 bits per heavy atom. The van der Waals surface area contributed by atoms with Crippen molar-refractivity contribution in [3.8, 4) is 0 Å². The summed E-state index contributed by atoms with van der Waals surface area (Å²) < 4.78 is 30.5.